The summed E-state index contributed by atoms with van der Waals surface area (Å²) < 4.78 is 26.7. The van der Waals surface area contributed by atoms with Gasteiger partial charge in [-0.05, 0) is 17.7 Å². The van der Waals surface area contributed by atoms with Crippen molar-refractivity contribution in [3.8, 4) is 0 Å². The molecule has 2 N–H and O–H groups in total. The summed E-state index contributed by atoms with van der Waals surface area (Å²) in [7, 11) is -3.57. The van der Waals surface area contributed by atoms with Crippen LogP contribution in [0.3, 0.4) is 0 Å². The minimum Gasteiger partial charge on any atom is -0.398 e. The van der Waals surface area contributed by atoms with Crippen LogP contribution in [-0.4, -0.2) is 19.3 Å². The number of anilines is 1. The Bertz CT molecular complexity index is 669. The third kappa shape index (κ3) is 3.00. The Morgan fingerprint density at radius 1 is 1.00 bits per heavy atom. The molecule has 0 bridgehead atoms. The number of nitrogens with zero attached hydrogens (tertiary/aromatic N) is 1. The van der Waals surface area contributed by atoms with E-state index in [1.165, 1.54) is 4.31 Å². The van der Waals surface area contributed by atoms with Crippen LogP contribution in [0, 0.1) is 0 Å². The molecule has 0 saturated heterocycles. The van der Waals surface area contributed by atoms with Crippen LogP contribution in [0.5, 0.6) is 0 Å². The molecule has 106 valence electrons. The van der Waals surface area contributed by atoms with E-state index in [2.05, 4.69) is 0 Å². The molecule has 0 spiro atoms. The summed E-state index contributed by atoms with van der Waals surface area (Å²) in [6.07, 6.45) is 0. The van der Waals surface area contributed by atoms with Gasteiger partial charge in [0.05, 0.1) is 5.69 Å². The molecule has 4 nitrogen and oxygen atoms in total. The van der Waals surface area contributed by atoms with Gasteiger partial charge in [-0.25, -0.2) is 8.42 Å². The zero-order valence-electron chi connectivity index (χ0n) is 11.4. The number of hydrogen-bond acceptors (Lipinski definition) is 3. The molecule has 20 heavy (non-hydrogen) atoms. The van der Waals surface area contributed by atoms with Crippen LogP contribution in [0.2, 0.25) is 0 Å². The number of hydrogen-bond donors (Lipinski definition) is 1. The molecule has 2 aromatic carbocycles. The number of nitrogens with two attached hydrogens (primary N) is 1. The first-order valence-electron chi connectivity index (χ1n) is 6.44. The zero-order valence-corrected chi connectivity index (χ0v) is 12.2. The predicted octanol–water partition coefficient (Wildman–Crippen LogP) is 2.48. The normalized spacial score (nSPS) is 11.7. The molecule has 0 aromatic heterocycles. The molecule has 0 amide bonds. The van der Waals surface area contributed by atoms with Gasteiger partial charge in [0.1, 0.15) is 4.90 Å². The maximum absolute atomic E-state index is 12.6. The van der Waals surface area contributed by atoms with Crippen molar-refractivity contribution in [3.05, 3.63) is 60.2 Å². The Morgan fingerprint density at radius 3 is 2.20 bits per heavy atom. The maximum atomic E-state index is 12.6. The SMILES string of the molecule is CCN(Cc1ccccc1)S(=O)(=O)c1ccccc1N. The van der Waals surface area contributed by atoms with Gasteiger partial charge in [-0.3, -0.25) is 0 Å². The van der Waals surface area contributed by atoms with Crippen molar-refractivity contribution in [2.24, 2.45) is 0 Å². The Hall–Kier alpha value is -1.85. The number of nitrogen functional groups attached to an aromatic ring is 1. The lowest BCUT2D eigenvalue weighted by molar-refractivity contribution is 0.423. The second-order valence-electron chi connectivity index (χ2n) is 4.45. The summed E-state index contributed by atoms with van der Waals surface area (Å²) in [6, 6.07) is 16.1. The third-order valence-electron chi connectivity index (χ3n) is 3.09. The Kier molecular flexibility index (Phi) is 4.42. The fraction of sp³-hybridized carbons (Fsp3) is 0.200. The van der Waals surface area contributed by atoms with E-state index < -0.39 is 10.0 Å². The largest absolute Gasteiger partial charge is 0.398 e. The number of sulfonamides is 1. The number of rotatable bonds is 5. The molecule has 0 aliphatic carbocycles. The lowest BCUT2D eigenvalue weighted by Gasteiger charge is -2.21. The van der Waals surface area contributed by atoms with E-state index in [0.717, 1.165) is 5.56 Å². The van der Waals surface area contributed by atoms with Gasteiger partial charge < -0.3 is 5.73 Å². The molecular weight excluding hydrogens is 272 g/mol. The smallest absolute Gasteiger partial charge is 0.245 e. The minimum atomic E-state index is -3.57. The van der Waals surface area contributed by atoms with Crippen LogP contribution < -0.4 is 5.73 Å². The van der Waals surface area contributed by atoms with Crippen LogP contribution in [-0.2, 0) is 16.6 Å². The number of para-hydroxylation sites is 1. The van der Waals surface area contributed by atoms with Gasteiger partial charge in [0, 0.05) is 13.1 Å². The monoisotopic (exact) mass is 290 g/mol. The molecule has 0 atom stereocenters. The standard InChI is InChI=1S/C15H18N2O2S/c1-2-17(12-13-8-4-3-5-9-13)20(18,19)15-11-7-6-10-14(15)16/h3-11H,2,12,16H2,1H3. The van der Waals surface area contributed by atoms with E-state index in [9.17, 15) is 8.42 Å². The van der Waals surface area contributed by atoms with Crippen LogP contribution in [0.4, 0.5) is 5.69 Å². The quantitative estimate of drug-likeness (QED) is 0.860. The molecule has 0 unspecified atom stereocenters. The van der Waals surface area contributed by atoms with Crippen molar-refractivity contribution >= 4 is 15.7 Å². The lowest BCUT2D eigenvalue weighted by Crippen LogP contribution is -2.31. The Morgan fingerprint density at radius 2 is 1.60 bits per heavy atom. The second-order valence-corrected chi connectivity index (χ2v) is 6.36. The van der Waals surface area contributed by atoms with Crippen molar-refractivity contribution in [1.82, 2.24) is 4.31 Å². The summed E-state index contributed by atoms with van der Waals surface area (Å²) in [4.78, 5) is 0.165. The van der Waals surface area contributed by atoms with Crippen LogP contribution in [0.25, 0.3) is 0 Å². The highest BCUT2D eigenvalue weighted by atomic mass is 32.2. The van der Waals surface area contributed by atoms with Crippen molar-refractivity contribution in [2.45, 2.75) is 18.4 Å². The van der Waals surface area contributed by atoms with E-state index in [-0.39, 0.29) is 10.6 Å². The van der Waals surface area contributed by atoms with Crippen LogP contribution in [0.15, 0.2) is 59.5 Å². The first kappa shape index (κ1) is 14.6. The highest BCUT2D eigenvalue weighted by molar-refractivity contribution is 7.89. The molecule has 0 aliphatic heterocycles. The topological polar surface area (TPSA) is 63.4 Å². The summed E-state index contributed by atoms with van der Waals surface area (Å²) in [6.45, 7) is 2.55. The van der Waals surface area contributed by atoms with Gasteiger partial charge >= 0.3 is 0 Å². The van der Waals surface area contributed by atoms with E-state index in [4.69, 9.17) is 5.73 Å². The van der Waals surface area contributed by atoms with E-state index in [0.29, 0.717) is 13.1 Å². The van der Waals surface area contributed by atoms with Gasteiger partial charge in [-0.1, -0.05) is 49.4 Å². The molecule has 5 heteroatoms. The average molecular weight is 290 g/mol. The number of benzene rings is 2. The molecule has 0 fully saturated rings. The fourth-order valence-electron chi connectivity index (χ4n) is 2.01. The first-order chi connectivity index (χ1) is 9.55. The highest BCUT2D eigenvalue weighted by Crippen LogP contribution is 2.23. The van der Waals surface area contributed by atoms with Crippen LogP contribution in [0.1, 0.15) is 12.5 Å². The Balaban J connectivity index is 2.34. The Labute approximate surface area is 119 Å². The van der Waals surface area contributed by atoms with Crippen LogP contribution >= 0.6 is 0 Å². The first-order valence-corrected chi connectivity index (χ1v) is 7.88. The predicted molar refractivity (Wildman–Crippen MR) is 80.6 cm³/mol. The molecule has 0 heterocycles. The van der Waals surface area contributed by atoms with Crippen molar-refractivity contribution in [3.63, 3.8) is 0 Å². The molecule has 2 aromatic rings. The third-order valence-corrected chi connectivity index (χ3v) is 5.09. The van der Waals surface area contributed by atoms with Crippen molar-refractivity contribution < 1.29 is 8.42 Å². The van der Waals surface area contributed by atoms with Crippen molar-refractivity contribution in [2.75, 3.05) is 12.3 Å². The van der Waals surface area contributed by atoms with E-state index >= 15 is 0 Å². The van der Waals surface area contributed by atoms with Gasteiger partial charge in [0.2, 0.25) is 10.0 Å². The van der Waals surface area contributed by atoms with Gasteiger partial charge in [0.15, 0.2) is 0 Å². The molecule has 0 aliphatic rings. The van der Waals surface area contributed by atoms with Gasteiger partial charge in [0.25, 0.3) is 0 Å². The van der Waals surface area contributed by atoms with Gasteiger partial charge in [-0.15, -0.1) is 0 Å². The summed E-state index contributed by atoms with van der Waals surface area (Å²) in [5.74, 6) is 0. The summed E-state index contributed by atoms with van der Waals surface area (Å²) in [5.41, 5.74) is 7.01. The maximum Gasteiger partial charge on any atom is 0.245 e. The molecule has 0 radical (unpaired) electrons. The minimum absolute atomic E-state index is 0.165. The summed E-state index contributed by atoms with van der Waals surface area (Å²) >= 11 is 0. The summed E-state index contributed by atoms with van der Waals surface area (Å²) in [5, 5.41) is 0. The average Bonchev–Trinajstić information content (AvgIpc) is 2.46. The van der Waals surface area contributed by atoms with E-state index in [1.54, 1.807) is 24.3 Å². The highest BCUT2D eigenvalue weighted by Gasteiger charge is 2.24. The lowest BCUT2D eigenvalue weighted by atomic mass is 10.2. The molecule has 2 rings (SSSR count). The molecule has 0 saturated carbocycles. The fourth-order valence-corrected chi connectivity index (χ4v) is 3.56. The van der Waals surface area contributed by atoms with Gasteiger partial charge in [-0.2, -0.15) is 4.31 Å². The zero-order chi connectivity index (χ0) is 14.6. The van der Waals surface area contributed by atoms with E-state index in [1.807, 2.05) is 37.3 Å². The van der Waals surface area contributed by atoms with Crippen molar-refractivity contribution in [1.29, 1.82) is 0 Å². The second kappa shape index (κ2) is 6.07. The molecular formula is C15H18N2O2S.